The highest BCUT2D eigenvalue weighted by atomic mass is 79.9. The van der Waals surface area contributed by atoms with Crippen LogP contribution in [0.25, 0.3) is 0 Å². The number of hydrogen-bond donors (Lipinski definition) is 3. The summed E-state index contributed by atoms with van der Waals surface area (Å²) in [5, 5.41) is 8.46. The first-order chi connectivity index (χ1) is 12.5. The number of nitrogens with one attached hydrogen (secondary N) is 3. The summed E-state index contributed by atoms with van der Waals surface area (Å²) in [5.41, 5.74) is 0. The first-order valence-electron chi connectivity index (χ1n) is 8.80. The minimum absolute atomic E-state index is 0.0337. The molecule has 1 aliphatic rings. The van der Waals surface area contributed by atoms with Gasteiger partial charge in [0.15, 0.2) is 0 Å². The predicted octanol–water partition coefficient (Wildman–Crippen LogP) is 1.35. The van der Waals surface area contributed by atoms with Crippen LogP contribution in [-0.2, 0) is 9.59 Å². The molecule has 2 heterocycles. The number of nitrogens with zero attached hydrogens (tertiary/aromatic N) is 1. The van der Waals surface area contributed by atoms with E-state index in [0.29, 0.717) is 18.0 Å². The average molecular weight is 445 g/mol. The quantitative estimate of drug-likeness (QED) is 0.564. The molecule has 1 fully saturated rings. The molecule has 3 N–H and O–H groups in total. The van der Waals surface area contributed by atoms with Crippen LogP contribution >= 0.6 is 27.3 Å². The third-order valence-electron chi connectivity index (χ3n) is 4.10. The molecule has 3 amide bonds. The molecule has 9 heteroatoms. The summed E-state index contributed by atoms with van der Waals surface area (Å²) in [6.07, 6.45) is 2.54. The van der Waals surface area contributed by atoms with Gasteiger partial charge in [-0.2, -0.15) is 0 Å². The molecular weight excluding hydrogens is 420 g/mol. The average Bonchev–Trinajstić information content (AvgIpc) is 3.06. The van der Waals surface area contributed by atoms with Crippen molar-refractivity contribution >= 4 is 45.0 Å². The Morgan fingerprint density at radius 1 is 1.19 bits per heavy atom. The van der Waals surface area contributed by atoms with Crippen LogP contribution in [0.15, 0.2) is 15.9 Å². The third-order valence-corrected chi connectivity index (χ3v) is 5.72. The van der Waals surface area contributed by atoms with E-state index >= 15 is 0 Å². The van der Waals surface area contributed by atoms with Crippen LogP contribution in [0.2, 0.25) is 0 Å². The number of thiophene rings is 1. The topological polar surface area (TPSA) is 90.5 Å². The van der Waals surface area contributed by atoms with Gasteiger partial charge in [-0.25, -0.2) is 0 Å². The third kappa shape index (κ3) is 7.05. The molecule has 1 aromatic heterocycles. The van der Waals surface area contributed by atoms with Gasteiger partial charge in [-0.1, -0.05) is 6.92 Å². The summed E-state index contributed by atoms with van der Waals surface area (Å²) in [7, 11) is 0. The summed E-state index contributed by atoms with van der Waals surface area (Å²) in [5.74, 6) is -0.380. The van der Waals surface area contributed by atoms with Gasteiger partial charge in [-0.15, -0.1) is 11.3 Å². The maximum atomic E-state index is 12.0. The number of amides is 3. The molecular formula is C17H25BrN4O3S. The minimum Gasteiger partial charge on any atom is -0.355 e. The molecule has 0 radical (unpaired) electrons. The van der Waals surface area contributed by atoms with Crippen molar-refractivity contribution in [2.75, 3.05) is 32.7 Å². The van der Waals surface area contributed by atoms with Crippen LogP contribution < -0.4 is 16.0 Å². The van der Waals surface area contributed by atoms with E-state index in [1.165, 1.54) is 11.3 Å². The second-order valence-electron chi connectivity index (χ2n) is 6.25. The van der Waals surface area contributed by atoms with Gasteiger partial charge >= 0.3 is 0 Å². The SMILES string of the molecule is CCCNC(=O)CN1CCC(NC(=O)CNC(=O)c2ccc(Br)s2)CC1. The van der Waals surface area contributed by atoms with E-state index in [2.05, 4.69) is 36.8 Å². The van der Waals surface area contributed by atoms with Gasteiger partial charge in [-0.05, 0) is 47.3 Å². The molecule has 0 unspecified atom stereocenters. The molecule has 26 heavy (non-hydrogen) atoms. The van der Waals surface area contributed by atoms with Gasteiger partial charge in [0.05, 0.1) is 21.8 Å². The van der Waals surface area contributed by atoms with Crippen LogP contribution in [0.4, 0.5) is 0 Å². The van der Waals surface area contributed by atoms with E-state index in [1.807, 2.05) is 6.92 Å². The Morgan fingerprint density at radius 3 is 2.54 bits per heavy atom. The van der Waals surface area contributed by atoms with Crippen molar-refractivity contribution in [3.05, 3.63) is 20.8 Å². The molecule has 0 saturated carbocycles. The molecule has 1 aromatic rings. The summed E-state index contributed by atoms with van der Waals surface area (Å²) < 4.78 is 0.877. The summed E-state index contributed by atoms with van der Waals surface area (Å²) >= 11 is 4.64. The Bertz CT molecular complexity index is 629. The molecule has 7 nitrogen and oxygen atoms in total. The second kappa shape index (κ2) is 10.6. The zero-order chi connectivity index (χ0) is 18.9. The lowest BCUT2D eigenvalue weighted by Gasteiger charge is -2.31. The standard InChI is InChI=1S/C17H25BrN4O3S/c1-2-7-19-16(24)11-22-8-5-12(6-9-22)21-15(23)10-20-17(25)13-3-4-14(18)26-13/h3-4,12H,2,5-11H2,1H3,(H,19,24)(H,20,25)(H,21,23). The summed E-state index contributed by atoms with van der Waals surface area (Å²) in [4.78, 5) is 38.4. The van der Waals surface area contributed by atoms with E-state index in [9.17, 15) is 14.4 Å². The lowest BCUT2D eigenvalue weighted by Crippen LogP contribution is -2.49. The first kappa shape index (κ1) is 20.9. The molecule has 0 atom stereocenters. The van der Waals surface area contributed by atoms with E-state index in [0.717, 1.165) is 36.1 Å². The Labute approximate surface area is 166 Å². The lowest BCUT2D eigenvalue weighted by atomic mass is 10.0. The van der Waals surface area contributed by atoms with Gasteiger partial charge in [0.2, 0.25) is 11.8 Å². The summed E-state index contributed by atoms with van der Waals surface area (Å²) in [6.45, 7) is 4.66. The van der Waals surface area contributed by atoms with Crippen molar-refractivity contribution in [1.82, 2.24) is 20.9 Å². The maximum absolute atomic E-state index is 12.0. The largest absolute Gasteiger partial charge is 0.355 e. The summed E-state index contributed by atoms with van der Waals surface area (Å²) in [6, 6.07) is 3.61. The molecule has 2 rings (SSSR count). The molecule has 1 aliphatic heterocycles. The number of likely N-dealkylation sites (tertiary alicyclic amines) is 1. The molecule has 144 valence electrons. The van der Waals surface area contributed by atoms with Crippen molar-refractivity contribution in [2.45, 2.75) is 32.2 Å². The van der Waals surface area contributed by atoms with Crippen molar-refractivity contribution in [3.63, 3.8) is 0 Å². The predicted molar refractivity (Wildman–Crippen MR) is 105 cm³/mol. The Balaban J connectivity index is 1.63. The highest BCUT2D eigenvalue weighted by Gasteiger charge is 2.22. The lowest BCUT2D eigenvalue weighted by molar-refractivity contribution is -0.123. The Morgan fingerprint density at radius 2 is 1.92 bits per heavy atom. The zero-order valence-electron chi connectivity index (χ0n) is 14.8. The van der Waals surface area contributed by atoms with Gasteiger partial charge in [0.1, 0.15) is 0 Å². The van der Waals surface area contributed by atoms with Crippen molar-refractivity contribution < 1.29 is 14.4 Å². The van der Waals surface area contributed by atoms with Gasteiger partial charge in [0, 0.05) is 25.7 Å². The molecule has 0 bridgehead atoms. The van der Waals surface area contributed by atoms with E-state index in [4.69, 9.17) is 0 Å². The fourth-order valence-corrected chi connectivity index (χ4v) is 4.02. The number of piperidine rings is 1. The van der Waals surface area contributed by atoms with E-state index in [-0.39, 0.29) is 30.3 Å². The maximum Gasteiger partial charge on any atom is 0.261 e. The second-order valence-corrected chi connectivity index (χ2v) is 8.72. The molecule has 0 aromatic carbocycles. The van der Waals surface area contributed by atoms with E-state index < -0.39 is 0 Å². The number of hydrogen-bond acceptors (Lipinski definition) is 5. The van der Waals surface area contributed by atoms with Crippen molar-refractivity contribution in [1.29, 1.82) is 0 Å². The van der Waals surface area contributed by atoms with E-state index in [1.54, 1.807) is 12.1 Å². The Kier molecular flexibility index (Phi) is 8.53. The van der Waals surface area contributed by atoms with Crippen LogP contribution in [0.1, 0.15) is 35.9 Å². The monoisotopic (exact) mass is 444 g/mol. The van der Waals surface area contributed by atoms with Crippen LogP contribution in [0.3, 0.4) is 0 Å². The zero-order valence-corrected chi connectivity index (χ0v) is 17.2. The first-order valence-corrected chi connectivity index (χ1v) is 10.4. The highest BCUT2D eigenvalue weighted by Crippen LogP contribution is 2.21. The number of halogens is 1. The smallest absolute Gasteiger partial charge is 0.261 e. The van der Waals surface area contributed by atoms with Gasteiger partial charge in [-0.3, -0.25) is 19.3 Å². The number of rotatable bonds is 8. The van der Waals surface area contributed by atoms with Crippen LogP contribution in [0, 0.1) is 0 Å². The molecule has 1 saturated heterocycles. The van der Waals surface area contributed by atoms with Crippen LogP contribution in [0.5, 0.6) is 0 Å². The minimum atomic E-state index is -0.247. The molecule has 0 spiro atoms. The molecule has 0 aliphatic carbocycles. The highest BCUT2D eigenvalue weighted by molar-refractivity contribution is 9.11. The van der Waals surface area contributed by atoms with Crippen molar-refractivity contribution in [2.24, 2.45) is 0 Å². The Hall–Kier alpha value is -1.45. The fourth-order valence-electron chi connectivity index (χ4n) is 2.72. The fraction of sp³-hybridized carbons (Fsp3) is 0.588. The van der Waals surface area contributed by atoms with Gasteiger partial charge in [0.25, 0.3) is 5.91 Å². The van der Waals surface area contributed by atoms with Crippen molar-refractivity contribution in [3.8, 4) is 0 Å². The van der Waals surface area contributed by atoms with Gasteiger partial charge < -0.3 is 16.0 Å². The number of carbonyl (C=O) groups excluding carboxylic acids is 3. The normalized spacial score (nSPS) is 15.5. The van der Waals surface area contributed by atoms with Crippen LogP contribution in [-0.4, -0.2) is 61.4 Å². The number of carbonyl (C=O) groups is 3.